The van der Waals surface area contributed by atoms with Crippen LogP contribution in [0.2, 0.25) is 0 Å². The number of carboxylic acid groups (broad SMARTS) is 1. The van der Waals surface area contributed by atoms with Crippen LogP contribution in [-0.4, -0.2) is 47.7 Å². The summed E-state index contributed by atoms with van der Waals surface area (Å²) in [5.41, 5.74) is 2.41. The summed E-state index contributed by atoms with van der Waals surface area (Å²) >= 11 is 0. The van der Waals surface area contributed by atoms with E-state index in [4.69, 9.17) is 0 Å². The number of nitrogens with one attached hydrogen (secondary N) is 1. The van der Waals surface area contributed by atoms with Crippen molar-refractivity contribution in [2.24, 2.45) is 0 Å². The van der Waals surface area contributed by atoms with Gasteiger partial charge in [0.25, 0.3) is 0 Å². The van der Waals surface area contributed by atoms with Gasteiger partial charge in [0.05, 0.1) is 30.0 Å². The van der Waals surface area contributed by atoms with E-state index in [0.29, 0.717) is 6.54 Å². The summed E-state index contributed by atoms with van der Waals surface area (Å²) in [6, 6.07) is 1.00. The van der Waals surface area contributed by atoms with Crippen LogP contribution in [0, 0.1) is 6.92 Å². The molecule has 1 aliphatic heterocycles. The van der Waals surface area contributed by atoms with Gasteiger partial charge in [0.2, 0.25) is 5.91 Å². The molecule has 22 heavy (non-hydrogen) atoms. The van der Waals surface area contributed by atoms with E-state index in [1.54, 1.807) is 10.9 Å². The Morgan fingerprint density at radius 3 is 3.00 bits per heavy atom. The van der Waals surface area contributed by atoms with Crippen molar-refractivity contribution in [3.05, 3.63) is 35.7 Å². The molecular weight excluding hydrogens is 286 g/mol. The quantitative estimate of drug-likeness (QED) is 0.847. The zero-order chi connectivity index (χ0) is 15.7. The van der Waals surface area contributed by atoms with Crippen LogP contribution in [0.4, 0.5) is 0 Å². The number of aromatic amines is 1. The third kappa shape index (κ3) is 2.72. The molecule has 2 aromatic rings. The highest BCUT2D eigenvalue weighted by Gasteiger charge is 2.35. The van der Waals surface area contributed by atoms with E-state index in [2.05, 4.69) is 15.1 Å². The topological polar surface area (TPSA) is 104 Å². The lowest BCUT2D eigenvalue weighted by Crippen LogP contribution is -2.48. The molecule has 0 aromatic carbocycles. The number of aliphatic carboxylic acids is 1. The molecule has 0 radical (unpaired) electrons. The van der Waals surface area contributed by atoms with Gasteiger partial charge in [-0.05, 0) is 13.0 Å². The molecule has 0 saturated heterocycles. The highest BCUT2D eigenvalue weighted by atomic mass is 16.4. The van der Waals surface area contributed by atoms with Gasteiger partial charge >= 0.3 is 5.97 Å². The van der Waals surface area contributed by atoms with Gasteiger partial charge in [-0.1, -0.05) is 0 Å². The Kier molecular flexibility index (Phi) is 3.66. The van der Waals surface area contributed by atoms with Crippen LogP contribution in [0.3, 0.4) is 0 Å². The number of carbonyl (C=O) groups is 2. The first-order chi connectivity index (χ1) is 10.5. The van der Waals surface area contributed by atoms with E-state index in [1.807, 2.05) is 13.0 Å². The van der Waals surface area contributed by atoms with Gasteiger partial charge in [0, 0.05) is 25.6 Å². The fourth-order valence-electron chi connectivity index (χ4n) is 2.66. The number of carbonyl (C=O) groups excluding carboxylic acids is 1. The molecule has 2 aromatic heterocycles. The second-order valence-corrected chi connectivity index (χ2v) is 5.38. The van der Waals surface area contributed by atoms with Crippen LogP contribution in [-0.2, 0) is 29.1 Å². The van der Waals surface area contributed by atoms with Gasteiger partial charge in [-0.25, -0.2) is 9.78 Å². The van der Waals surface area contributed by atoms with Crippen molar-refractivity contribution in [2.75, 3.05) is 0 Å². The highest BCUT2D eigenvalue weighted by Crippen LogP contribution is 2.21. The summed E-state index contributed by atoms with van der Waals surface area (Å²) in [7, 11) is 0. The van der Waals surface area contributed by atoms with Crippen molar-refractivity contribution >= 4 is 11.9 Å². The van der Waals surface area contributed by atoms with Crippen molar-refractivity contribution in [3.63, 3.8) is 0 Å². The molecule has 8 nitrogen and oxygen atoms in total. The first-order valence-corrected chi connectivity index (χ1v) is 7.08. The van der Waals surface area contributed by atoms with Crippen molar-refractivity contribution < 1.29 is 14.7 Å². The van der Waals surface area contributed by atoms with Crippen LogP contribution >= 0.6 is 0 Å². The minimum Gasteiger partial charge on any atom is -0.480 e. The Morgan fingerprint density at radius 2 is 2.32 bits per heavy atom. The largest absolute Gasteiger partial charge is 0.480 e. The molecule has 0 bridgehead atoms. The van der Waals surface area contributed by atoms with Crippen molar-refractivity contribution in [1.82, 2.24) is 24.6 Å². The third-order valence-electron chi connectivity index (χ3n) is 3.83. The van der Waals surface area contributed by atoms with Crippen LogP contribution in [0.1, 0.15) is 23.5 Å². The second-order valence-electron chi connectivity index (χ2n) is 5.38. The van der Waals surface area contributed by atoms with E-state index in [1.165, 1.54) is 11.2 Å². The lowest BCUT2D eigenvalue weighted by molar-refractivity contribution is -0.151. The molecule has 8 heteroatoms. The SMILES string of the molecule is Cc1ccn(CCC(=O)N2Cc3[nH]cnc3C[C@H]2C(=O)O)n1. The molecule has 1 aliphatic rings. The van der Waals surface area contributed by atoms with Gasteiger partial charge in [0.1, 0.15) is 6.04 Å². The van der Waals surface area contributed by atoms with Crippen molar-refractivity contribution in [2.45, 2.75) is 38.9 Å². The number of fused-ring (bicyclic) bond motifs is 1. The van der Waals surface area contributed by atoms with E-state index in [0.717, 1.165) is 17.1 Å². The van der Waals surface area contributed by atoms with Crippen LogP contribution in [0.15, 0.2) is 18.6 Å². The average Bonchev–Trinajstić information content (AvgIpc) is 3.11. The first-order valence-electron chi connectivity index (χ1n) is 7.08. The van der Waals surface area contributed by atoms with Gasteiger partial charge in [-0.15, -0.1) is 0 Å². The number of amides is 1. The molecule has 3 heterocycles. The zero-order valence-corrected chi connectivity index (χ0v) is 12.2. The Morgan fingerprint density at radius 1 is 1.50 bits per heavy atom. The lowest BCUT2D eigenvalue weighted by Gasteiger charge is -2.32. The summed E-state index contributed by atoms with van der Waals surface area (Å²) in [4.78, 5) is 32.3. The number of H-pyrrole nitrogens is 1. The average molecular weight is 303 g/mol. The van der Waals surface area contributed by atoms with Crippen LogP contribution in [0.25, 0.3) is 0 Å². The maximum absolute atomic E-state index is 12.4. The molecule has 1 atom stereocenters. The maximum Gasteiger partial charge on any atom is 0.326 e. The minimum atomic E-state index is -1.00. The van der Waals surface area contributed by atoms with Crippen molar-refractivity contribution in [3.8, 4) is 0 Å². The normalized spacial score (nSPS) is 17.3. The highest BCUT2D eigenvalue weighted by molar-refractivity contribution is 5.84. The molecule has 0 aliphatic carbocycles. The number of aromatic nitrogens is 4. The first kappa shape index (κ1) is 14.3. The summed E-state index contributed by atoms with van der Waals surface area (Å²) in [5.74, 6) is -1.20. The predicted molar refractivity (Wildman–Crippen MR) is 75.8 cm³/mol. The molecule has 0 unspecified atom stereocenters. The number of hydrogen-bond donors (Lipinski definition) is 2. The summed E-state index contributed by atoms with van der Waals surface area (Å²) in [6.07, 6.45) is 3.79. The van der Waals surface area contributed by atoms with Gasteiger partial charge in [-0.3, -0.25) is 9.48 Å². The maximum atomic E-state index is 12.4. The number of rotatable bonds is 4. The fraction of sp³-hybridized carbons (Fsp3) is 0.429. The summed E-state index contributed by atoms with van der Waals surface area (Å²) in [5, 5.41) is 13.6. The number of carboxylic acids is 1. The Bertz CT molecular complexity index is 705. The standard InChI is InChI=1S/C14H17N5O3/c1-9-2-4-18(17-9)5-3-13(20)19-7-11-10(15-8-16-11)6-12(19)14(21)22/h2,4,8,12H,3,5-7H2,1H3,(H,15,16)(H,21,22)/t12-/m0/s1. The monoisotopic (exact) mass is 303 g/mol. The Balaban J connectivity index is 1.71. The molecule has 0 fully saturated rings. The zero-order valence-electron chi connectivity index (χ0n) is 12.2. The van der Waals surface area contributed by atoms with Crippen LogP contribution in [0.5, 0.6) is 0 Å². The lowest BCUT2D eigenvalue weighted by atomic mass is 10.0. The molecule has 0 saturated carbocycles. The van der Waals surface area contributed by atoms with Crippen molar-refractivity contribution in [1.29, 1.82) is 0 Å². The molecular formula is C14H17N5O3. The number of hydrogen-bond acceptors (Lipinski definition) is 4. The Labute approximate surface area is 126 Å². The van der Waals surface area contributed by atoms with E-state index in [-0.39, 0.29) is 25.3 Å². The second kappa shape index (κ2) is 5.63. The third-order valence-corrected chi connectivity index (χ3v) is 3.83. The van der Waals surface area contributed by atoms with Crippen LogP contribution < -0.4 is 0 Å². The summed E-state index contributed by atoms with van der Waals surface area (Å²) < 4.78 is 1.69. The molecule has 1 amide bonds. The van der Waals surface area contributed by atoms with E-state index < -0.39 is 12.0 Å². The predicted octanol–water partition coefficient (Wildman–Crippen LogP) is 0.343. The minimum absolute atomic E-state index is 0.194. The molecule has 0 spiro atoms. The number of nitrogens with zero attached hydrogens (tertiary/aromatic N) is 4. The van der Waals surface area contributed by atoms with Gasteiger partial charge in [-0.2, -0.15) is 5.10 Å². The molecule has 116 valence electrons. The van der Waals surface area contributed by atoms with E-state index >= 15 is 0 Å². The number of aryl methyl sites for hydroxylation is 2. The van der Waals surface area contributed by atoms with Gasteiger partial charge in [0.15, 0.2) is 0 Å². The van der Waals surface area contributed by atoms with E-state index in [9.17, 15) is 14.7 Å². The Hall–Kier alpha value is -2.64. The van der Waals surface area contributed by atoms with Gasteiger partial charge < -0.3 is 15.0 Å². The number of imidazole rings is 1. The summed E-state index contributed by atoms with van der Waals surface area (Å²) in [6.45, 7) is 2.57. The molecule has 3 rings (SSSR count). The fourth-order valence-corrected chi connectivity index (χ4v) is 2.66. The smallest absolute Gasteiger partial charge is 0.326 e. The molecule has 2 N–H and O–H groups in total.